The van der Waals surface area contributed by atoms with Crippen molar-refractivity contribution in [3.05, 3.63) is 22.4 Å². The van der Waals surface area contributed by atoms with Crippen LogP contribution < -0.4 is 4.74 Å². The molecule has 2 nitrogen and oxygen atoms in total. The van der Waals surface area contributed by atoms with Crippen LogP contribution in [0.2, 0.25) is 10.2 Å². The Kier molecular flexibility index (Phi) is 3.05. The van der Waals surface area contributed by atoms with Crippen molar-refractivity contribution >= 4 is 23.2 Å². The third kappa shape index (κ3) is 2.46. The number of rotatable bonds is 2. The zero-order chi connectivity index (χ0) is 9.14. The summed E-state index contributed by atoms with van der Waals surface area (Å²) in [6.45, 7) is -2.91. The van der Waals surface area contributed by atoms with Gasteiger partial charge in [-0.3, -0.25) is 0 Å². The number of halogens is 4. The standard InChI is InChI=1S/C6H3Cl2F2NO/c7-3-1-5(8)11-2-4(3)12-6(9)10/h1-2,6H. The molecular formula is C6H3Cl2F2NO. The summed E-state index contributed by atoms with van der Waals surface area (Å²) in [6, 6.07) is 1.22. The molecular weight excluding hydrogens is 211 g/mol. The fourth-order valence-electron chi connectivity index (χ4n) is 0.578. The first-order valence-corrected chi connectivity index (χ1v) is 3.61. The van der Waals surface area contributed by atoms with Gasteiger partial charge >= 0.3 is 6.61 Å². The van der Waals surface area contributed by atoms with E-state index in [1.165, 1.54) is 6.07 Å². The molecule has 0 fully saturated rings. The lowest BCUT2D eigenvalue weighted by Crippen LogP contribution is -2.02. The number of pyridine rings is 1. The SMILES string of the molecule is FC(F)Oc1cnc(Cl)cc1Cl. The van der Waals surface area contributed by atoms with Crippen molar-refractivity contribution < 1.29 is 13.5 Å². The Balaban J connectivity index is 2.86. The van der Waals surface area contributed by atoms with Gasteiger partial charge in [0, 0.05) is 0 Å². The first-order valence-electron chi connectivity index (χ1n) is 2.85. The Labute approximate surface area is 77.1 Å². The van der Waals surface area contributed by atoms with Crippen molar-refractivity contribution in [1.82, 2.24) is 4.98 Å². The lowest BCUT2D eigenvalue weighted by Gasteiger charge is -2.04. The Hall–Kier alpha value is -0.610. The maximum absolute atomic E-state index is 11.7. The average molecular weight is 214 g/mol. The highest BCUT2D eigenvalue weighted by Gasteiger charge is 2.08. The molecule has 0 bridgehead atoms. The van der Waals surface area contributed by atoms with E-state index in [9.17, 15) is 8.78 Å². The lowest BCUT2D eigenvalue weighted by atomic mass is 10.5. The second-order valence-electron chi connectivity index (χ2n) is 1.82. The number of aromatic nitrogens is 1. The summed E-state index contributed by atoms with van der Waals surface area (Å²) in [5.74, 6) is -0.184. The van der Waals surface area contributed by atoms with Crippen LogP contribution in [0.5, 0.6) is 5.75 Å². The maximum Gasteiger partial charge on any atom is 0.387 e. The molecule has 0 aliphatic carbocycles. The highest BCUT2D eigenvalue weighted by molar-refractivity contribution is 6.34. The van der Waals surface area contributed by atoms with Gasteiger partial charge in [-0.1, -0.05) is 23.2 Å². The van der Waals surface area contributed by atoms with Gasteiger partial charge in [0.2, 0.25) is 0 Å². The molecule has 0 N–H and O–H groups in total. The van der Waals surface area contributed by atoms with Crippen LogP contribution in [-0.2, 0) is 0 Å². The molecule has 0 radical (unpaired) electrons. The third-order valence-electron chi connectivity index (χ3n) is 1.00. The number of hydrogen-bond acceptors (Lipinski definition) is 2. The summed E-state index contributed by atoms with van der Waals surface area (Å²) < 4.78 is 27.3. The van der Waals surface area contributed by atoms with Gasteiger partial charge in [0.1, 0.15) is 5.15 Å². The molecule has 0 saturated carbocycles. The van der Waals surface area contributed by atoms with Crippen LogP contribution >= 0.6 is 23.2 Å². The Morgan fingerprint density at radius 3 is 2.58 bits per heavy atom. The second-order valence-corrected chi connectivity index (χ2v) is 2.61. The molecule has 0 amide bonds. The van der Waals surface area contributed by atoms with Crippen LogP contribution in [0.15, 0.2) is 12.3 Å². The van der Waals surface area contributed by atoms with E-state index in [4.69, 9.17) is 23.2 Å². The molecule has 0 aliphatic heterocycles. The van der Waals surface area contributed by atoms with E-state index in [-0.39, 0.29) is 15.9 Å². The highest BCUT2D eigenvalue weighted by atomic mass is 35.5. The summed E-state index contributed by atoms with van der Waals surface area (Å²) in [7, 11) is 0. The Bertz CT molecular complexity index is 282. The average Bonchev–Trinajstić information content (AvgIpc) is 1.94. The summed E-state index contributed by atoms with van der Waals surface area (Å²) >= 11 is 10.9. The van der Waals surface area contributed by atoms with Crippen LogP contribution in [0.4, 0.5) is 8.78 Å². The molecule has 1 heterocycles. The lowest BCUT2D eigenvalue weighted by molar-refractivity contribution is -0.0500. The van der Waals surface area contributed by atoms with Crippen molar-refractivity contribution in [2.24, 2.45) is 0 Å². The van der Waals surface area contributed by atoms with E-state index in [2.05, 4.69) is 9.72 Å². The molecule has 1 aromatic heterocycles. The van der Waals surface area contributed by atoms with Crippen LogP contribution in [-0.4, -0.2) is 11.6 Å². The predicted molar refractivity (Wildman–Crippen MR) is 40.9 cm³/mol. The molecule has 12 heavy (non-hydrogen) atoms. The van der Waals surface area contributed by atoms with E-state index in [0.717, 1.165) is 6.20 Å². The van der Waals surface area contributed by atoms with Crippen molar-refractivity contribution in [3.63, 3.8) is 0 Å². The van der Waals surface area contributed by atoms with Gasteiger partial charge in [0.25, 0.3) is 0 Å². The van der Waals surface area contributed by atoms with E-state index >= 15 is 0 Å². The molecule has 0 atom stereocenters. The Morgan fingerprint density at radius 1 is 1.42 bits per heavy atom. The van der Waals surface area contributed by atoms with Crippen LogP contribution in [0.25, 0.3) is 0 Å². The molecule has 1 aromatic rings. The Morgan fingerprint density at radius 2 is 2.08 bits per heavy atom. The van der Waals surface area contributed by atoms with Gasteiger partial charge in [-0.2, -0.15) is 8.78 Å². The highest BCUT2D eigenvalue weighted by Crippen LogP contribution is 2.26. The van der Waals surface area contributed by atoms with E-state index in [1.54, 1.807) is 0 Å². The fraction of sp³-hybridized carbons (Fsp3) is 0.167. The van der Waals surface area contributed by atoms with Crippen LogP contribution in [0, 0.1) is 0 Å². The minimum atomic E-state index is -2.91. The van der Waals surface area contributed by atoms with Crippen LogP contribution in [0.1, 0.15) is 0 Å². The van der Waals surface area contributed by atoms with Gasteiger partial charge in [-0.05, 0) is 6.07 Å². The molecule has 0 spiro atoms. The first kappa shape index (κ1) is 9.48. The molecule has 66 valence electrons. The summed E-state index contributed by atoms with van der Waals surface area (Å²) in [4.78, 5) is 3.52. The summed E-state index contributed by atoms with van der Waals surface area (Å²) in [6.07, 6.45) is 1.04. The zero-order valence-corrected chi connectivity index (χ0v) is 7.11. The second kappa shape index (κ2) is 3.87. The van der Waals surface area contributed by atoms with E-state index in [0.29, 0.717) is 0 Å². The normalized spacial score (nSPS) is 10.4. The molecule has 0 unspecified atom stereocenters. The quantitative estimate of drug-likeness (QED) is 0.706. The molecule has 6 heteroatoms. The van der Waals surface area contributed by atoms with E-state index < -0.39 is 6.61 Å². The van der Waals surface area contributed by atoms with Crippen LogP contribution in [0.3, 0.4) is 0 Å². The largest absolute Gasteiger partial charge is 0.432 e. The minimum Gasteiger partial charge on any atom is -0.432 e. The first-order chi connectivity index (χ1) is 5.59. The molecule has 1 rings (SSSR count). The molecule has 0 aliphatic rings. The summed E-state index contributed by atoms with van der Waals surface area (Å²) in [5, 5.41) is 0.136. The summed E-state index contributed by atoms with van der Waals surface area (Å²) in [5.41, 5.74) is 0. The smallest absolute Gasteiger partial charge is 0.387 e. The van der Waals surface area contributed by atoms with Crippen molar-refractivity contribution in [2.45, 2.75) is 6.61 Å². The van der Waals surface area contributed by atoms with Crippen molar-refractivity contribution in [1.29, 1.82) is 0 Å². The number of alkyl halides is 2. The van der Waals surface area contributed by atoms with Gasteiger partial charge in [-0.15, -0.1) is 0 Å². The van der Waals surface area contributed by atoms with Gasteiger partial charge < -0.3 is 4.74 Å². The van der Waals surface area contributed by atoms with E-state index in [1.807, 2.05) is 0 Å². The number of nitrogens with zero attached hydrogens (tertiary/aromatic N) is 1. The van der Waals surface area contributed by atoms with Crippen molar-refractivity contribution in [2.75, 3.05) is 0 Å². The topological polar surface area (TPSA) is 22.1 Å². The predicted octanol–water partition coefficient (Wildman–Crippen LogP) is 2.99. The fourth-order valence-corrected chi connectivity index (χ4v) is 0.988. The van der Waals surface area contributed by atoms with Gasteiger partial charge in [0.15, 0.2) is 5.75 Å². The maximum atomic E-state index is 11.7. The number of hydrogen-bond donors (Lipinski definition) is 0. The third-order valence-corrected chi connectivity index (χ3v) is 1.50. The number of ether oxygens (including phenoxy) is 1. The van der Waals surface area contributed by atoms with Gasteiger partial charge in [-0.25, -0.2) is 4.98 Å². The molecule has 0 saturated heterocycles. The minimum absolute atomic E-state index is 0.00954. The zero-order valence-electron chi connectivity index (χ0n) is 5.60. The molecule has 0 aromatic carbocycles. The monoisotopic (exact) mass is 213 g/mol. The van der Waals surface area contributed by atoms with Gasteiger partial charge in [0.05, 0.1) is 11.2 Å². The van der Waals surface area contributed by atoms with Crippen molar-refractivity contribution in [3.8, 4) is 5.75 Å².